The summed E-state index contributed by atoms with van der Waals surface area (Å²) in [7, 11) is 0. The second kappa shape index (κ2) is 14.3. The van der Waals surface area contributed by atoms with Crippen LogP contribution in [0.25, 0.3) is 0 Å². The standard InChI is InChI=1S/C29H50N4O6/c1-7-30-18-24(36)32(26(30)38)20-28(3,4)16-10-14-22(34)12-9-13-23(35)15-11-17-29(5,6)21-33-25(37)19-31(8-2)27(33)39/h26,38H,7-21H2,1-6H3. The maximum absolute atomic E-state index is 12.4. The summed E-state index contributed by atoms with van der Waals surface area (Å²) in [5.41, 5.74) is -0.482. The minimum atomic E-state index is -0.878. The molecule has 2 saturated heterocycles. The third kappa shape index (κ3) is 9.98. The fourth-order valence-corrected chi connectivity index (χ4v) is 5.42. The van der Waals surface area contributed by atoms with E-state index < -0.39 is 6.35 Å². The SMILES string of the molecule is CCN1CC(=O)N(CC(C)(C)CCCC(=O)CCCC(=O)CCCC(C)(C)CN2C(=O)CN(CC)C2O)C1=O. The number of nitrogens with zero attached hydrogens (tertiary/aromatic N) is 4. The average Bonchev–Trinajstić information content (AvgIpc) is 3.27. The topological polar surface area (TPSA) is 119 Å². The quantitative estimate of drug-likeness (QED) is 0.260. The predicted octanol–water partition coefficient (Wildman–Crippen LogP) is 3.41. The van der Waals surface area contributed by atoms with Crippen LogP contribution in [0.5, 0.6) is 0 Å². The van der Waals surface area contributed by atoms with Crippen molar-refractivity contribution in [1.82, 2.24) is 19.6 Å². The number of Topliss-reactive ketones (excluding diaryl/α,β-unsaturated/α-hetero) is 2. The Hall–Kier alpha value is -2.33. The van der Waals surface area contributed by atoms with E-state index in [0.29, 0.717) is 71.1 Å². The summed E-state index contributed by atoms with van der Waals surface area (Å²) in [5, 5.41) is 10.3. The molecular weight excluding hydrogens is 500 g/mol. The number of ketones is 2. The zero-order chi connectivity index (χ0) is 29.4. The van der Waals surface area contributed by atoms with Crippen LogP contribution >= 0.6 is 0 Å². The van der Waals surface area contributed by atoms with Crippen LogP contribution in [0, 0.1) is 10.8 Å². The van der Waals surface area contributed by atoms with Crippen LogP contribution in [-0.4, -0.2) is 99.7 Å². The molecule has 0 spiro atoms. The first-order chi connectivity index (χ1) is 18.2. The lowest BCUT2D eigenvalue weighted by Gasteiger charge is -2.33. The molecule has 10 nitrogen and oxygen atoms in total. The second-order valence-corrected chi connectivity index (χ2v) is 12.7. The molecule has 0 aromatic carbocycles. The van der Waals surface area contributed by atoms with E-state index in [9.17, 15) is 29.1 Å². The van der Waals surface area contributed by atoms with E-state index in [1.807, 2.05) is 41.5 Å². The molecule has 1 atom stereocenters. The van der Waals surface area contributed by atoms with Crippen LogP contribution < -0.4 is 0 Å². The lowest BCUT2D eigenvalue weighted by atomic mass is 9.85. The summed E-state index contributed by atoms with van der Waals surface area (Å²) in [6.07, 6.45) is 4.23. The van der Waals surface area contributed by atoms with Gasteiger partial charge in [0.05, 0.1) is 6.54 Å². The van der Waals surface area contributed by atoms with E-state index in [-0.39, 0.29) is 53.3 Å². The van der Waals surface area contributed by atoms with Crippen LogP contribution in [0.3, 0.4) is 0 Å². The van der Waals surface area contributed by atoms with Crippen molar-refractivity contribution in [2.75, 3.05) is 39.3 Å². The molecule has 2 rings (SSSR count). The Kier molecular flexibility index (Phi) is 12.1. The summed E-state index contributed by atoms with van der Waals surface area (Å²) >= 11 is 0. The summed E-state index contributed by atoms with van der Waals surface area (Å²) in [4.78, 5) is 67.6. The molecule has 2 aliphatic rings. The minimum Gasteiger partial charge on any atom is -0.361 e. The molecule has 0 radical (unpaired) electrons. The van der Waals surface area contributed by atoms with Gasteiger partial charge in [-0.25, -0.2) is 4.79 Å². The Balaban J connectivity index is 1.60. The predicted molar refractivity (Wildman–Crippen MR) is 148 cm³/mol. The Morgan fingerprint density at radius 3 is 1.74 bits per heavy atom. The van der Waals surface area contributed by atoms with Crippen LogP contribution in [0.2, 0.25) is 0 Å². The van der Waals surface area contributed by atoms with Gasteiger partial charge in [0.1, 0.15) is 18.1 Å². The maximum Gasteiger partial charge on any atom is 0.327 e. The molecule has 0 aromatic heterocycles. The van der Waals surface area contributed by atoms with E-state index in [4.69, 9.17) is 0 Å². The van der Waals surface area contributed by atoms with Crippen molar-refractivity contribution >= 4 is 29.4 Å². The summed E-state index contributed by atoms with van der Waals surface area (Å²) < 4.78 is 0. The number of urea groups is 1. The number of aliphatic hydroxyl groups is 1. The molecule has 4 amide bonds. The Morgan fingerprint density at radius 2 is 1.28 bits per heavy atom. The van der Waals surface area contributed by atoms with Gasteiger partial charge in [0.25, 0.3) is 0 Å². The van der Waals surface area contributed by atoms with Gasteiger partial charge in [-0.15, -0.1) is 0 Å². The fraction of sp³-hybridized carbons (Fsp3) is 0.828. The van der Waals surface area contributed by atoms with E-state index in [1.54, 1.807) is 4.90 Å². The summed E-state index contributed by atoms with van der Waals surface area (Å²) in [6, 6.07) is -0.233. The lowest BCUT2D eigenvalue weighted by molar-refractivity contribution is -0.137. The first-order valence-corrected chi connectivity index (χ1v) is 14.5. The average molecular weight is 551 g/mol. The molecule has 10 heteroatoms. The molecule has 1 unspecified atom stereocenters. The van der Waals surface area contributed by atoms with Gasteiger partial charge < -0.3 is 14.9 Å². The third-order valence-corrected chi connectivity index (χ3v) is 7.89. The van der Waals surface area contributed by atoms with Crippen LogP contribution in [-0.2, 0) is 19.2 Å². The zero-order valence-corrected chi connectivity index (χ0v) is 25.0. The molecular formula is C29H50N4O6. The first-order valence-electron chi connectivity index (χ1n) is 14.5. The Labute approximate surface area is 234 Å². The van der Waals surface area contributed by atoms with Gasteiger partial charge in [-0.1, -0.05) is 34.6 Å². The Morgan fingerprint density at radius 1 is 0.769 bits per heavy atom. The minimum absolute atomic E-state index is 0.0677. The van der Waals surface area contributed by atoms with Crippen LogP contribution in [0.15, 0.2) is 0 Å². The van der Waals surface area contributed by atoms with Gasteiger partial charge in [0, 0.05) is 51.9 Å². The zero-order valence-electron chi connectivity index (χ0n) is 25.0. The number of likely N-dealkylation sites (N-methyl/N-ethyl adjacent to an activating group) is 2. The molecule has 39 heavy (non-hydrogen) atoms. The molecule has 1 N–H and O–H groups in total. The number of carbonyl (C=O) groups excluding carboxylic acids is 5. The van der Waals surface area contributed by atoms with E-state index >= 15 is 0 Å². The number of imide groups is 1. The highest BCUT2D eigenvalue weighted by Crippen LogP contribution is 2.29. The number of amides is 4. The van der Waals surface area contributed by atoms with Gasteiger partial charge in [-0.2, -0.15) is 0 Å². The highest BCUT2D eigenvalue weighted by Gasteiger charge is 2.39. The molecule has 2 heterocycles. The van der Waals surface area contributed by atoms with E-state index in [0.717, 1.165) is 12.8 Å². The van der Waals surface area contributed by atoms with Crippen molar-refractivity contribution in [2.24, 2.45) is 10.8 Å². The number of hydrogen-bond acceptors (Lipinski definition) is 7. The third-order valence-electron chi connectivity index (χ3n) is 7.89. The van der Waals surface area contributed by atoms with E-state index in [1.165, 1.54) is 14.7 Å². The van der Waals surface area contributed by atoms with Gasteiger partial charge >= 0.3 is 6.03 Å². The highest BCUT2D eigenvalue weighted by molar-refractivity contribution is 6.02. The first kappa shape index (κ1) is 32.9. The van der Waals surface area contributed by atoms with Crippen molar-refractivity contribution in [3.63, 3.8) is 0 Å². The molecule has 0 aromatic rings. The largest absolute Gasteiger partial charge is 0.361 e. The van der Waals surface area contributed by atoms with Gasteiger partial charge in [-0.3, -0.25) is 29.0 Å². The van der Waals surface area contributed by atoms with Crippen molar-refractivity contribution in [3.8, 4) is 0 Å². The Bertz CT molecular complexity index is 902. The molecule has 222 valence electrons. The smallest absolute Gasteiger partial charge is 0.327 e. The second-order valence-electron chi connectivity index (χ2n) is 12.7. The van der Waals surface area contributed by atoms with Crippen molar-refractivity contribution in [1.29, 1.82) is 0 Å². The molecule has 0 aliphatic carbocycles. The molecule has 2 aliphatic heterocycles. The van der Waals surface area contributed by atoms with Crippen molar-refractivity contribution < 1.29 is 29.1 Å². The molecule has 2 fully saturated rings. The lowest BCUT2D eigenvalue weighted by Crippen LogP contribution is -2.44. The van der Waals surface area contributed by atoms with Crippen LogP contribution in [0.1, 0.15) is 99.3 Å². The summed E-state index contributed by atoms with van der Waals surface area (Å²) in [5.74, 6) is 0.0558. The normalized spacial score (nSPS) is 19.1. The number of rotatable bonds is 18. The molecule has 0 saturated carbocycles. The van der Waals surface area contributed by atoms with Gasteiger partial charge in [-0.05, 0) is 49.9 Å². The fourth-order valence-electron chi connectivity index (χ4n) is 5.42. The molecule has 0 bridgehead atoms. The number of carbonyl (C=O) groups is 5. The number of aliphatic hydroxyl groups excluding tert-OH is 1. The van der Waals surface area contributed by atoms with Gasteiger partial charge in [0.15, 0.2) is 6.35 Å². The van der Waals surface area contributed by atoms with Crippen molar-refractivity contribution in [3.05, 3.63) is 0 Å². The van der Waals surface area contributed by atoms with Gasteiger partial charge in [0.2, 0.25) is 11.8 Å². The highest BCUT2D eigenvalue weighted by atomic mass is 16.3. The number of hydrogen-bond donors (Lipinski definition) is 1. The maximum atomic E-state index is 12.4. The summed E-state index contributed by atoms with van der Waals surface area (Å²) in [6.45, 7) is 14.2. The van der Waals surface area contributed by atoms with E-state index in [2.05, 4.69) is 0 Å². The van der Waals surface area contributed by atoms with Crippen molar-refractivity contribution in [2.45, 2.75) is 106 Å². The monoisotopic (exact) mass is 550 g/mol. The van der Waals surface area contributed by atoms with Crippen LogP contribution in [0.4, 0.5) is 4.79 Å².